The molecule has 0 aliphatic rings. The van der Waals surface area contributed by atoms with Crippen molar-refractivity contribution < 1.29 is 13.2 Å². The molecule has 0 aliphatic carbocycles. The van der Waals surface area contributed by atoms with Crippen molar-refractivity contribution in [2.24, 2.45) is 5.10 Å². The molecule has 0 aliphatic heterocycles. The van der Waals surface area contributed by atoms with Gasteiger partial charge in [0.15, 0.2) is 0 Å². The van der Waals surface area contributed by atoms with E-state index in [1.54, 1.807) is 0 Å². The van der Waals surface area contributed by atoms with Crippen LogP contribution in [0.3, 0.4) is 0 Å². The summed E-state index contributed by atoms with van der Waals surface area (Å²) in [4.78, 5) is 11.7. The van der Waals surface area contributed by atoms with Crippen LogP contribution in [0.4, 0.5) is 13.2 Å². The summed E-state index contributed by atoms with van der Waals surface area (Å²) in [7, 11) is 0. The summed E-state index contributed by atoms with van der Waals surface area (Å²) >= 11 is 4.87. The number of aromatic amines is 1. The van der Waals surface area contributed by atoms with Crippen molar-refractivity contribution in [3.8, 4) is 0 Å². The lowest BCUT2D eigenvalue weighted by Crippen LogP contribution is -2.22. The number of rotatable bonds is 2. The van der Waals surface area contributed by atoms with E-state index in [1.165, 1.54) is 25.3 Å². The minimum absolute atomic E-state index is 0.00578. The first-order chi connectivity index (χ1) is 9.79. The van der Waals surface area contributed by atoms with Crippen LogP contribution in [0.5, 0.6) is 0 Å². The van der Waals surface area contributed by atoms with Gasteiger partial charge in [0.25, 0.3) is 5.56 Å². The summed E-state index contributed by atoms with van der Waals surface area (Å²) in [6.07, 6.45) is -3.15. The zero-order valence-corrected chi connectivity index (χ0v) is 11.5. The van der Waals surface area contributed by atoms with Crippen LogP contribution in [0.1, 0.15) is 16.8 Å². The van der Waals surface area contributed by atoms with Gasteiger partial charge in [-0.25, -0.2) is 0 Å². The van der Waals surface area contributed by atoms with Crippen molar-refractivity contribution in [3.05, 3.63) is 56.2 Å². The topological polar surface area (TPSA) is 63.0 Å². The molecular weight excluding hydrogens is 305 g/mol. The Bertz CT molecular complexity index is 790. The SMILES string of the molecule is Cc1n[nH]c(=S)n(/N=C\c2ccc(C(F)(F)F)cc2)c1=O. The summed E-state index contributed by atoms with van der Waals surface area (Å²) in [6.45, 7) is 1.48. The van der Waals surface area contributed by atoms with E-state index in [9.17, 15) is 18.0 Å². The third-order valence-corrected chi connectivity index (χ3v) is 2.84. The fraction of sp³-hybridized carbons (Fsp3) is 0.167. The second kappa shape index (κ2) is 5.60. The number of aromatic nitrogens is 3. The third kappa shape index (κ3) is 3.43. The molecule has 1 heterocycles. The highest BCUT2D eigenvalue weighted by atomic mass is 32.1. The standard InChI is InChI=1S/C12H9F3N4OS/c1-7-10(20)19(11(21)18-17-7)16-6-8-2-4-9(5-3-8)12(13,14)15/h2-6H,1H3,(H,18,21)/b16-6-. The fourth-order valence-electron chi connectivity index (χ4n) is 1.46. The quantitative estimate of drug-likeness (QED) is 0.684. The molecule has 0 spiro atoms. The highest BCUT2D eigenvalue weighted by Crippen LogP contribution is 2.28. The van der Waals surface area contributed by atoms with Crippen molar-refractivity contribution in [2.75, 3.05) is 0 Å². The number of halogens is 3. The molecule has 0 bridgehead atoms. The average molecular weight is 314 g/mol. The number of H-pyrrole nitrogens is 1. The second-order valence-electron chi connectivity index (χ2n) is 4.10. The van der Waals surface area contributed by atoms with Crippen LogP contribution >= 0.6 is 12.2 Å². The van der Waals surface area contributed by atoms with Crippen molar-refractivity contribution in [1.29, 1.82) is 0 Å². The first-order valence-electron chi connectivity index (χ1n) is 5.69. The van der Waals surface area contributed by atoms with Gasteiger partial charge in [-0.1, -0.05) is 12.1 Å². The number of hydrogen-bond donors (Lipinski definition) is 1. The van der Waals surface area contributed by atoms with Crippen LogP contribution in [0.2, 0.25) is 0 Å². The predicted molar refractivity (Wildman–Crippen MR) is 72.9 cm³/mol. The van der Waals surface area contributed by atoms with E-state index < -0.39 is 17.3 Å². The van der Waals surface area contributed by atoms with Crippen LogP contribution in [0, 0.1) is 11.7 Å². The van der Waals surface area contributed by atoms with Gasteiger partial charge in [0.1, 0.15) is 5.69 Å². The van der Waals surface area contributed by atoms with E-state index in [4.69, 9.17) is 12.2 Å². The molecule has 0 amide bonds. The maximum absolute atomic E-state index is 12.4. The van der Waals surface area contributed by atoms with Gasteiger partial charge in [0, 0.05) is 0 Å². The molecular formula is C12H9F3N4OS. The van der Waals surface area contributed by atoms with E-state index in [1.807, 2.05) is 0 Å². The predicted octanol–water partition coefficient (Wildman–Crippen LogP) is 2.51. The molecule has 0 atom stereocenters. The van der Waals surface area contributed by atoms with Gasteiger partial charge in [0.2, 0.25) is 4.77 Å². The molecule has 0 radical (unpaired) electrons. The largest absolute Gasteiger partial charge is 0.416 e. The molecule has 0 saturated carbocycles. The number of hydrogen-bond acceptors (Lipinski definition) is 4. The van der Waals surface area contributed by atoms with Gasteiger partial charge in [-0.15, -0.1) is 0 Å². The number of aryl methyl sites for hydroxylation is 1. The lowest BCUT2D eigenvalue weighted by molar-refractivity contribution is -0.137. The van der Waals surface area contributed by atoms with Gasteiger partial charge in [0.05, 0.1) is 11.8 Å². The molecule has 2 aromatic rings. The monoisotopic (exact) mass is 314 g/mol. The van der Waals surface area contributed by atoms with Crippen LogP contribution < -0.4 is 5.56 Å². The van der Waals surface area contributed by atoms with Crippen LogP contribution in [-0.2, 0) is 6.18 Å². The van der Waals surface area contributed by atoms with Gasteiger partial charge in [-0.3, -0.25) is 9.89 Å². The van der Waals surface area contributed by atoms with E-state index in [-0.39, 0.29) is 10.5 Å². The Hall–Kier alpha value is -2.29. The summed E-state index contributed by atoms with van der Waals surface area (Å²) < 4.78 is 38.2. The number of nitrogens with one attached hydrogen (secondary N) is 1. The molecule has 110 valence electrons. The van der Waals surface area contributed by atoms with Crippen molar-refractivity contribution in [1.82, 2.24) is 14.9 Å². The maximum atomic E-state index is 12.4. The second-order valence-corrected chi connectivity index (χ2v) is 4.48. The normalized spacial score (nSPS) is 12.0. The molecule has 5 nitrogen and oxygen atoms in total. The molecule has 1 N–H and O–H groups in total. The first kappa shape index (κ1) is 15.1. The Morgan fingerprint density at radius 1 is 1.33 bits per heavy atom. The highest BCUT2D eigenvalue weighted by molar-refractivity contribution is 7.71. The first-order valence-corrected chi connectivity index (χ1v) is 6.10. The minimum atomic E-state index is -4.39. The van der Waals surface area contributed by atoms with Gasteiger partial charge in [-0.2, -0.15) is 28.0 Å². The van der Waals surface area contributed by atoms with Crippen molar-refractivity contribution in [3.63, 3.8) is 0 Å². The summed E-state index contributed by atoms with van der Waals surface area (Å²) in [5.74, 6) is 0. The van der Waals surface area contributed by atoms with Crippen LogP contribution in [-0.4, -0.2) is 21.1 Å². The Kier molecular flexibility index (Phi) is 4.03. The molecule has 1 aromatic heterocycles. The smallest absolute Gasteiger partial charge is 0.265 e. The molecule has 1 aromatic carbocycles. The van der Waals surface area contributed by atoms with Crippen molar-refractivity contribution in [2.45, 2.75) is 13.1 Å². The lowest BCUT2D eigenvalue weighted by atomic mass is 10.1. The Labute approximate surface area is 121 Å². The van der Waals surface area contributed by atoms with Gasteiger partial charge < -0.3 is 0 Å². The third-order valence-electron chi connectivity index (χ3n) is 2.57. The molecule has 21 heavy (non-hydrogen) atoms. The molecule has 0 unspecified atom stereocenters. The lowest BCUT2D eigenvalue weighted by Gasteiger charge is -2.05. The molecule has 9 heteroatoms. The van der Waals surface area contributed by atoms with Gasteiger partial charge in [-0.05, 0) is 36.8 Å². The Balaban J connectivity index is 2.33. The Morgan fingerprint density at radius 3 is 2.52 bits per heavy atom. The van der Waals surface area contributed by atoms with Gasteiger partial charge >= 0.3 is 6.18 Å². The fourth-order valence-corrected chi connectivity index (χ4v) is 1.64. The van der Waals surface area contributed by atoms with Crippen LogP contribution in [0.25, 0.3) is 0 Å². The maximum Gasteiger partial charge on any atom is 0.416 e. The highest BCUT2D eigenvalue weighted by Gasteiger charge is 2.29. The van der Waals surface area contributed by atoms with Crippen molar-refractivity contribution >= 4 is 18.4 Å². The van der Waals surface area contributed by atoms with E-state index in [0.29, 0.717) is 5.56 Å². The van der Waals surface area contributed by atoms with E-state index in [2.05, 4.69) is 15.3 Å². The average Bonchev–Trinajstić information content (AvgIpc) is 2.43. The number of benzene rings is 1. The number of nitrogens with zero attached hydrogens (tertiary/aromatic N) is 3. The van der Waals surface area contributed by atoms with E-state index >= 15 is 0 Å². The summed E-state index contributed by atoms with van der Waals surface area (Å²) in [5, 5.41) is 9.96. The zero-order valence-electron chi connectivity index (χ0n) is 10.7. The summed E-state index contributed by atoms with van der Waals surface area (Å²) in [5.41, 5.74) is -0.678. The van der Waals surface area contributed by atoms with E-state index in [0.717, 1.165) is 16.8 Å². The number of alkyl halides is 3. The zero-order chi connectivity index (χ0) is 15.6. The minimum Gasteiger partial charge on any atom is -0.265 e. The molecule has 2 rings (SSSR count). The molecule has 0 saturated heterocycles. The van der Waals surface area contributed by atoms with Crippen LogP contribution in [0.15, 0.2) is 34.2 Å². The Morgan fingerprint density at radius 2 is 1.95 bits per heavy atom. The summed E-state index contributed by atoms with van der Waals surface area (Å²) in [6, 6.07) is 4.36. The molecule has 0 fully saturated rings.